The fourth-order valence-electron chi connectivity index (χ4n) is 1.42. The summed E-state index contributed by atoms with van der Waals surface area (Å²) in [5, 5.41) is 8.65. The molecular weight excluding hydrogens is 192 g/mol. The maximum Gasteiger partial charge on any atom is 0.163 e. The van der Waals surface area contributed by atoms with E-state index in [0.717, 1.165) is 5.56 Å². The molecule has 15 heavy (non-hydrogen) atoms. The van der Waals surface area contributed by atoms with Gasteiger partial charge in [-0.25, -0.2) is 0 Å². The number of carbonyl (C=O) groups is 1. The predicted octanol–water partition coefficient (Wildman–Crippen LogP) is 1.96. The summed E-state index contributed by atoms with van der Waals surface area (Å²) in [7, 11) is 0. The fraction of sp³-hybridized carbons (Fsp3) is 0.417. The summed E-state index contributed by atoms with van der Waals surface area (Å²) >= 11 is 0. The SMILES string of the molecule is CCC(=O)c1cccc(OCCO)c1C. The molecule has 0 aromatic heterocycles. The molecule has 3 nitrogen and oxygen atoms in total. The lowest BCUT2D eigenvalue weighted by Crippen LogP contribution is -2.06. The van der Waals surface area contributed by atoms with Gasteiger partial charge in [-0.05, 0) is 13.0 Å². The molecule has 0 saturated heterocycles. The Balaban J connectivity index is 2.95. The lowest BCUT2D eigenvalue weighted by Gasteiger charge is -2.10. The van der Waals surface area contributed by atoms with Crippen molar-refractivity contribution in [2.24, 2.45) is 0 Å². The molecular formula is C12H16O3. The van der Waals surface area contributed by atoms with Crippen molar-refractivity contribution in [3.63, 3.8) is 0 Å². The van der Waals surface area contributed by atoms with Crippen molar-refractivity contribution in [1.82, 2.24) is 0 Å². The van der Waals surface area contributed by atoms with Gasteiger partial charge in [-0.3, -0.25) is 4.79 Å². The van der Waals surface area contributed by atoms with Crippen molar-refractivity contribution >= 4 is 5.78 Å². The van der Waals surface area contributed by atoms with Crippen LogP contribution < -0.4 is 4.74 Å². The number of aliphatic hydroxyl groups is 1. The minimum atomic E-state index is -0.0224. The quantitative estimate of drug-likeness (QED) is 0.752. The van der Waals surface area contributed by atoms with Gasteiger partial charge in [0, 0.05) is 17.5 Å². The van der Waals surface area contributed by atoms with Crippen LogP contribution in [0.4, 0.5) is 0 Å². The van der Waals surface area contributed by atoms with E-state index in [1.54, 1.807) is 18.2 Å². The van der Waals surface area contributed by atoms with Crippen molar-refractivity contribution in [3.05, 3.63) is 29.3 Å². The summed E-state index contributed by atoms with van der Waals surface area (Å²) in [6, 6.07) is 5.40. The second kappa shape index (κ2) is 5.51. The number of benzene rings is 1. The minimum Gasteiger partial charge on any atom is -0.491 e. The third-order valence-corrected chi connectivity index (χ3v) is 2.25. The molecule has 0 aliphatic carbocycles. The number of aliphatic hydroxyl groups excluding tert-OH is 1. The van der Waals surface area contributed by atoms with Crippen molar-refractivity contribution in [3.8, 4) is 5.75 Å². The molecule has 1 aromatic rings. The van der Waals surface area contributed by atoms with Crippen LogP contribution in [0.5, 0.6) is 5.75 Å². The number of ketones is 1. The Labute approximate surface area is 89.7 Å². The minimum absolute atomic E-state index is 0.0224. The highest BCUT2D eigenvalue weighted by atomic mass is 16.5. The van der Waals surface area contributed by atoms with Crippen LogP contribution in [0.2, 0.25) is 0 Å². The maximum absolute atomic E-state index is 11.6. The number of hydrogen-bond donors (Lipinski definition) is 1. The number of carbonyl (C=O) groups excluding carboxylic acids is 1. The van der Waals surface area contributed by atoms with Gasteiger partial charge in [0.05, 0.1) is 6.61 Å². The lowest BCUT2D eigenvalue weighted by atomic mass is 10.0. The zero-order valence-electron chi connectivity index (χ0n) is 9.12. The van der Waals surface area contributed by atoms with Gasteiger partial charge >= 0.3 is 0 Å². The Morgan fingerprint density at radius 1 is 1.47 bits per heavy atom. The molecule has 3 heteroatoms. The Kier molecular flexibility index (Phi) is 4.31. The number of Topliss-reactive ketones (excluding diaryl/α,β-unsaturated/α-hetero) is 1. The molecule has 1 aromatic carbocycles. The molecule has 0 fully saturated rings. The topological polar surface area (TPSA) is 46.5 Å². The summed E-state index contributed by atoms with van der Waals surface area (Å²) in [5.41, 5.74) is 1.55. The summed E-state index contributed by atoms with van der Waals surface area (Å²) in [4.78, 5) is 11.6. The lowest BCUT2D eigenvalue weighted by molar-refractivity contribution is 0.0987. The Morgan fingerprint density at radius 3 is 2.80 bits per heavy atom. The molecule has 0 aliphatic heterocycles. The number of rotatable bonds is 5. The molecule has 0 atom stereocenters. The van der Waals surface area contributed by atoms with Crippen molar-refractivity contribution in [2.45, 2.75) is 20.3 Å². The third-order valence-electron chi connectivity index (χ3n) is 2.25. The van der Waals surface area contributed by atoms with E-state index < -0.39 is 0 Å². The highest BCUT2D eigenvalue weighted by molar-refractivity contribution is 5.97. The highest BCUT2D eigenvalue weighted by Crippen LogP contribution is 2.22. The molecule has 0 radical (unpaired) electrons. The van der Waals surface area contributed by atoms with Gasteiger partial charge in [0.15, 0.2) is 5.78 Å². The third kappa shape index (κ3) is 2.80. The van der Waals surface area contributed by atoms with Crippen LogP contribution in [0.15, 0.2) is 18.2 Å². The maximum atomic E-state index is 11.6. The van der Waals surface area contributed by atoms with Gasteiger partial charge in [0.2, 0.25) is 0 Å². The van der Waals surface area contributed by atoms with Crippen LogP contribution in [0.3, 0.4) is 0 Å². The van der Waals surface area contributed by atoms with Gasteiger partial charge in [-0.1, -0.05) is 19.1 Å². The first-order chi connectivity index (χ1) is 7.20. The van der Waals surface area contributed by atoms with E-state index in [2.05, 4.69) is 0 Å². The van der Waals surface area contributed by atoms with E-state index in [9.17, 15) is 4.79 Å². The first-order valence-corrected chi connectivity index (χ1v) is 5.07. The molecule has 0 saturated carbocycles. The molecule has 82 valence electrons. The van der Waals surface area contributed by atoms with Gasteiger partial charge in [-0.2, -0.15) is 0 Å². The smallest absolute Gasteiger partial charge is 0.163 e. The van der Waals surface area contributed by atoms with Gasteiger partial charge < -0.3 is 9.84 Å². The van der Waals surface area contributed by atoms with E-state index in [4.69, 9.17) is 9.84 Å². The van der Waals surface area contributed by atoms with Gasteiger partial charge in [0.1, 0.15) is 12.4 Å². The van der Waals surface area contributed by atoms with Crippen molar-refractivity contribution in [1.29, 1.82) is 0 Å². The van der Waals surface area contributed by atoms with Crippen LogP contribution in [-0.2, 0) is 0 Å². The first-order valence-electron chi connectivity index (χ1n) is 5.07. The van der Waals surface area contributed by atoms with E-state index in [1.807, 2.05) is 13.8 Å². The highest BCUT2D eigenvalue weighted by Gasteiger charge is 2.10. The van der Waals surface area contributed by atoms with Crippen molar-refractivity contribution < 1.29 is 14.6 Å². The average Bonchev–Trinajstić information content (AvgIpc) is 2.27. The van der Waals surface area contributed by atoms with Crippen LogP contribution in [0, 0.1) is 6.92 Å². The molecule has 0 spiro atoms. The summed E-state index contributed by atoms with van der Waals surface area (Å²) < 4.78 is 5.32. The molecule has 0 heterocycles. The van der Waals surface area contributed by atoms with Gasteiger partial charge in [0.25, 0.3) is 0 Å². The normalized spacial score (nSPS) is 10.1. The Morgan fingerprint density at radius 2 is 2.20 bits per heavy atom. The summed E-state index contributed by atoms with van der Waals surface area (Å²) in [5.74, 6) is 0.783. The van der Waals surface area contributed by atoms with Crippen molar-refractivity contribution in [2.75, 3.05) is 13.2 Å². The summed E-state index contributed by atoms with van der Waals surface area (Å²) in [6.07, 6.45) is 0.490. The number of ether oxygens (including phenoxy) is 1. The monoisotopic (exact) mass is 208 g/mol. The molecule has 0 aliphatic rings. The van der Waals surface area contributed by atoms with E-state index >= 15 is 0 Å². The average molecular weight is 208 g/mol. The van der Waals surface area contributed by atoms with E-state index in [0.29, 0.717) is 17.7 Å². The zero-order valence-corrected chi connectivity index (χ0v) is 9.12. The zero-order chi connectivity index (χ0) is 11.3. The summed E-state index contributed by atoms with van der Waals surface area (Å²) in [6.45, 7) is 3.93. The Bertz CT molecular complexity index is 345. The van der Waals surface area contributed by atoms with Crippen LogP contribution in [0.25, 0.3) is 0 Å². The van der Waals surface area contributed by atoms with Crippen LogP contribution in [0.1, 0.15) is 29.3 Å². The van der Waals surface area contributed by atoms with E-state index in [1.165, 1.54) is 0 Å². The largest absolute Gasteiger partial charge is 0.491 e. The first kappa shape index (κ1) is 11.7. The fourth-order valence-corrected chi connectivity index (χ4v) is 1.42. The second-order valence-corrected chi connectivity index (χ2v) is 3.28. The standard InChI is InChI=1S/C12H16O3/c1-3-11(14)10-5-4-6-12(9(10)2)15-8-7-13/h4-6,13H,3,7-8H2,1-2H3. The molecule has 1 N–H and O–H groups in total. The van der Waals surface area contributed by atoms with Crippen LogP contribution >= 0.6 is 0 Å². The molecule has 0 unspecified atom stereocenters. The molecule has 0 bridgehead atoms. The van der Waals surface area contributed by atoms with Gasteiger partial charge in [-0.15, -0.1) is 0 Å². The van der Waals surface area contributed by atoms with E-state index in [-0.39, 0.29) is 19.0 Å². The Hall–Kier alpha value is -1.35. The molecule has 1 rings (SSSR count). The van der Waals surface area contributed by atoms with Crippen LogP contribution in [-0.4, -0.2) is 24.1 Å². The predicted molar refractivity (Wildman–Crippen MR) is 58.4 cm³/mol. The second-order valence-electron chi connectivity index (χ2n) is 3.28. The number of hydrogen-bond acceptors (Lipinski definition) is 3. The molecule has 0 amide bonds.